The van der Waals surface area contributed by atoms with Gasteiger partial charge in [0.2, 0.25) is 0 Å². The summed E-state index contributed by atoms with van der Waals surface area (Å²) in [5, 5.41) is 10.8. The molecular weight excluding hydrogens is 378 g/mol. The number of phenols is 1. The monoisotopic (exact) mass is 405 g/mol. The number of hydrogen-bond donors (Lipinski definition) is 1. The number of rotatable bonds is 3. The van der Waals surface area contributed by atoms with Gasteiger partial charge in [-0.15, -0.1) is 0 Å². The van der Waals surface area contributed by atoms with Gasteiger partial charge in [0.05, 0.1) is 11.0 Å². The number of carbonyl (C=O) groups excluding carboxylic acids is 1. The van der Waals surface area contributed by atoms with Gasteiger partial charge >= 0.3 is 0 Å². The molecule has 4 aliphatic rings. The highest BCUT2D eigenvalue weighted by molar-refractivity contribution is 5.94. The predicted octanol–water partition coefficient (Wildman–Crippen LogP) is 3.01. The van der Waals surface area contributed by atoms with Gasteiger partial charge in [-0.3, -0.25) is 4.79 Å². The first-order valence-corrected chi connectivity index (χ1v) is 10.9. The second-order valence-corrected chi connectivity index (χ2v) is 9.41. The molecule has 2 aromatic rings. The molecule has 30 heavy (non-hydrogen) atoms. The topological polar surface area (TPSA) is 59.0 Å². The van der Waals surface area contributed by atoms with Crippen molar-refractivity contribution in [2.24, 2.45) is 0 Å². The third-order valence-electron chi connectivity index (χ3n) is 8.50. The van der Waals surface area contributed by atoms with Gasteiger partial charge < -0.3 is 19.5 Å². The number of ketones is 1. The van der Waals surface area contributed by atoms with Crippen LogP contribution in [0.25, 0.3) is 0 Å². The van der Waals surface area contributed by atoms with Gasteiger partial charge in [-0.05, 0) is 50.0 Å². The highest BCUT2D eigenvalue weighted by Crippen LogP contribution is 2.69. The van der Waals surface area contributed by atoms with Gasteiger partial charge in [0, 0.05) is 31.6 Å². The zero-order valence-electron chi connectivity index (χ0n) is 17.5. The molecule has 156 valence electrons. The molecule has 2 aliphatic heterocycles. The lowest BCUT2D eigenvalue weighted by Gasteiger charge is -2.66. The van der Waals surface area contributed by atoms with E-state index in [9.17, 15) is 9.90 Å². The maximum Gasteiger partial charge on any atom is 0.183 e. The highest BCUT2D eigenvalue weighted by atomic mass is 16.5. The molecule has 1 unspecified atom stereocenters. The van der Waals surface area contributed by atoms with Crippen molar-refractivity contribution in [1.82, 2.24) is 4.90 Å². The fraction of sp³-hybridized carbons (Fsp3) is 0.480. The van der Waals surface area contributed by atoms with E-state index in [1.54, 1.807) is 13.2 Å². The lowest BCUT2D eigenvalue weighted by atomic mass is 9.44. The summed E-state index contributed by atoms with van der Waals surface area (Å²) in [6, 6.07) is 14.0. The molecule has 6 rings (SSSR count). The number of likely N-dealkylation sites (tertiary alicyclic amines) is 1. The van der Waals surface area contributed by atoms with Crippen LogP contribution in [0.3, 0.4) is 0 Å². The van der Waals surface area contributed by atoms with E-state index in [0.29, 0.717) is 25.0 Å². The molecular formula is C25H27NO4. The number of ether oxygens (including phenoxy) is 2. The summed E-state index contributed by atoms with van der Waals surface area (Å²) in [7, 11) is 3.96. The number of hydrogen-bond acceptors (Lipinski definition) is 5. The third-order valence-corrected chi connectivity index (χ3v) is 8.50. The summed E-state index contributed by atoms with van der Waals surface area (Å²) < 4.78 is 13.1. The van der Waals surface area contributed by atoms with Crippen molar-refractivity contribution in [3.63, 3.8) is 0 Å². The number of phenolic OH excluding ortho intramolecular Hbond substituents is 1. The summed E-state index contributed by atoms with van der Waals surface area (Å²) in [6.07, 6.45) is 3.22. The van der Waals surface area contributed by atoms with E-state index in [-0.39, 0.29) is 17.6 Å². The van der Waals surface area contributed by atoms with E-state index in [2.05, 4.69) is 24.1 Å². The van der Waals surface area contributed by atoms with Crippen LogP contribution in [0.15, 0.2) is 42.5 Å². The van der Waals surface area contributed by atoms with Crippen molar-refractivity contribution in [1.29, 1.82) is 0 Å². The fourth-order valence-electron chi connectivity index (χ4n) is 7.34. The average Bonchev–Trinajstić information content (AvgIpc) is 3.06. The summed E-state index contributed by atoms with van der Waals surface area (Å²) in [5.41, 5.74) is 1.10. The highest BCUT2D eigenvalue weighted by Gasteiger charge is 2.79. The van der Waals surface area contributed by atoms with Crippen molar-refractivity contribution in [3.8, 4) is 11.5 Å². The molecule has 4 atom stereocenters. The minimum absolute atomic E-state index is 0.125. The molecule has 2 aromatic carbocycles. The number of methoxy groups -OCH3 is 1. The second-order valence-electron chi connectivity index (χ2n) is 9.41. The zero-order valence-corrected chi connectivity index (χ0v) is 17.5. The number of nitrogens with zero attached hydrogens (tertiary/aromatic N) is 1. The normalized spacial score (nSPS) is 36.3. The maximum absolute atomic E-state index is 13.8. The van der Waals surface area contributed by atoms with E-state index in [1.807, 2.05) is 24.3 Å². The number of carbonyl (C=O) groups is 1. The molecule has 1 N–H and O–H groups in total. The van der Waals surface area contributed by atoms with Crippen LogP contribution in [0, 0.1) is 0 Å². The van der Waals surface area contributed by atoms with Gasteiger partial charge in [0.25, 0.3) is 0 Å². The van der Waals surface area contributed by atoms with Crippen LogP contribution in [0.5, 0.6) is 11.5 Å². The molecule has 1 saturated carbocycles. The standard InChI is InChI=1S/C25H27NO4/c1-26-13-12-23-21-17-8-9-18(27)22(21)30-25(23,15-16-6-4-3-5-7-16)20(28)10-11-24(23,29-2)19(26)14-17/h3-9,19,27H,10-15H2,1-2H3/t19-,23-,24-,25?/m1/s1. The molecule has 2 heterocycles. The SMILES string of the molecule is CO[C@@]12CCC(=O)C3(Cc4ccccc4)Oc4c(O)ccc5c4[C@@]31CCN(C)[C@@H]2C5. The van der Waals surface area contributed by atoms with Crippen LogP contribution in [-0.2, 0) is 27.8 Å². The first-order chi connectivity index (χ1) is 14.5. The van der Waals surface area contributed by atoms with Crippen molar-refractivity contribution in [3.05, 3.63) is 59.2 Å². The summed E-state index contributed by atoms with van der Waals surface area (Å²) in [6.45, 7) is 0.873. The Kier molecular flexibility index (Phi) is 3.60. The van der Waals surface area contributed by atoms with Gasteiger partial charge in [-0.2, -0.15) is 0 Å². The van der Waals surface area contributed by atoms with Gasteiger partial charge in [-0.1, -0.05) is 36.4 Å². The molecule has 0 aromatic heterocycles. The van der Waals surface area contributed by atoms with Gasteiger partial charge in [0.15, 0.2) is 22.9 Å². The number of benzene rings is 2. The first-order valence-electron chi connectivity index (χ1n) is 10.9. The molecule has 2 fully saturated rings. The molecule has 5 nitrogen and oxygen atoms in total. The van der Waals surface area contributed by atoms with Crippen molar-refractivity contribution in [2.45, 2.75) is 54.8 Å². The van der Waals surface area contributed by atoms with E-state index in [0.717, 1.165) is 30.5 Å². The quantitative estimate of drug-likeness (QED) is 0.851. The Labute approximate surface area is 176 Å². The van der Waals surface area contributed by atoms with E-state index in [1.165, 1.54) is 5.56 Å². The van der Waals surface area contributed by atoms with Gasteiger partial charge in [-0.25, -0.2) is 0 Å². The summed E-state index contributed by atoms with van der Waals surface area (Å²) in [5.74, 6) is 0.758. The Bertz CT molecular complexity index is 1050. The zero-order chi connectivity index (χ0) is 20.7. The Morgan fingerprint density at radius 2 is 2.00 bits per heavy atom. The number of Topliss-reactive ketones (excluding diaryl/α,β-unsaturated/α-hetero) is 1. The second kappa shape index (κ2) is 5.86. The van der Waals surface area contributed by atoms with Crippen molar-refractivity contribution < 1.29 is 19.4 Å². The van der Waals surface area contributed by atoms with Crippen LogP contribution < -0.4 is 4.74 Å². The van der Waals surface area contributed by atoms with Crippen LogP contribution in [0.4, 0.5) is 0 Å². The van der Waals surface area contributed by atoms with E-state index in [4.69, 9.17) is 9.47 Å². The van der Waals surface area contributed by atoms with Crippen molar-refractivity contribution in [2.75, 3.05) is 20.7 Å². The summed E-state index contributed by atoms with van der Waals surface area (Å²) in [4.78, 5) is 16.2. The maximum atomic E-state index is 13.8. The smallest absolute Gasteiger partial charge is 0.183 e. The molecule has 0 radical (unpaired) electrons. The average molecular weight is 405 g/mol. The van der Waals surface area contributed by atoms with Crippen LogP contribution in [0.2, 0.25) is 0 Å². The molecule has 2 aliphatic carbocycles. The molecule has 5 heteroatoms. The Morgan fingerprint density at radius 3 is 2.77 bits per heavy atom. The Hall–Kier alpha value is -2.37. The third kappa shape index (κ3) is 1.85. The van der Waals surface area contributed by atoms with Gasteiger partial charge in [0.1, 0.15) is 0 Å². The lowest BCUT2D eigenvalue weighted by molar-refractivity contribution is -0.221. The first kappa shape index (κ1) is 18.4. The predicted molar refractivity (Wildman–Crippen MR) is 112 cm³/mol. The van der Waals surface area contributed by atoms with Crippen LogP contribution in [-0.4, -0.2) is 53.7 Å². The minimum Gasteiger partial charge on any atom is -0.504 e. The number of aromatic hydroxyl groups is 1. The lowest BCUT2D eigenvalue weighted by Crippen LogP contribution is -2.81. The molecule has 0 amide bonds. The van der Waals surface area contributed by atoms with Crippen molar-refractivity contribution >= 4 is 5.78 Å². The van der Waals surface area contributed by atoms with E-state index < -0.39 is 16.6 Å². The Morgan fingerprint density at radius 1 is 1.20 bits per heavy atom. The number of likely N-dealkylation sites (N-methyl/N-ethyl adjacent to an activating group) is 1. The van der Waals surface area contributed by atoms with Crippen LogP contribution >= 0.6 is 0 Å². The summed E-state index contributed by atoms with van der Waals surface area (Å²) >= 11 is 0. The number of piperidine rings is 1. The largest absolute Gasteiger partial charge is 0.504 e. The van der Waals surface area contributed by atoms with Crippen LogP contribution in [0.1, 0.15) is 36.0 Å². The van der Waals surface area contributed by atoms with E-state index >= 15 is 0 Å². The fourth-order valence-corrected chi connectivity index (χ4v) is 7.34. The minimum atomic E-state index is -1.06. The molecule has 1 saturated heterocycles. The Balaban J connectivity index is 1.69. The molecule has 2 bridgehead atoms. The molecule has 1 spiro atoms.